The molecule has 0 spiro atoms. The van der Waals surface area contributed by atoms with Gasteiger partial charge in [0.05, 0.1) is 15.6 Å². The molecule has 2 rings (SSSR count). The van der Waals surface area contributed by atoms with Gasteiger partial charge < -0.3 is 5.73 Å². The average Bonchev–Trinajstić information content (AvgIpc) is 2.94. The summed E-state index contributed by atoms with van der Waals surface area (Å²) in [5.41, 5.74) is 5.62. The monoisotopic (exact) mass is 344 g/mol. The second-order valence-electron chi connectivity index (χ2n) is 5.37. The minimum absolute atomic E-state index is 0.117. The Balaban J connectivity index is 2.16. The minimum Gasteiger partial charge on any atom is -0.397 e. The standard InChI is InChI=1S/C14H17ClN2O2S2/c1-14(2,13-4-3-7-20-13)9-17-21(18,19)10-5-6-11(15)12(16)8-10/h3-8,17H,9,16H2,1-2H3. The molecule has 21 heavy (non-hydrogen) atoms. The molecule has 0 saturated carbocycles. The van der Waals surface area contributed by atoms with Gasteiger partial charge in [0, 0.05) is 16.8 Å². The lowest BCUT2D eigenvalue weighted by molar-refractivity contribution is 0.509. The first-order chi connectivity index (χ1) is 9.72. The molecule has 7 heteroatoms. The van der Waals surface area contributed by atoms with Crippen molar-refractivity contribution in [3.8, 4) is 0 Å². The van der Waals surface area contributed by atoms with E-state index in [-0.39, 0.29) is 16.0 Å². The van der Waals surface area contributed by atoms with Crippen molar-refractivity contribution < 1.29 is 8.42 Å². The number of sulfonamides is 1. The highest BCUT2D eigenvalue weighted by Crippen LogP contribution is 2.27. The molecule has 0 aliphatic carbocycles. The summed E-state index contributed by atoms with van der Waals surface area (Å²) in [6.45, 7) is 4.30. The molecular formula is C14H17ClN2O2S2. The minimum atomic E-state index is -3.61. The van der Waals surface area contributed by atoms with Crippen molar-refractivity contribution in [3.63, 3.8) is 0 Å². The van der Waals surface area contributed by atoms with Gasteiger partial charge in [-0.25, -0.2) is 13.1 Å². The lowest BCUT2D eigenvalue weighted by Gasteiger charge is -2.23. The molecule has 1 aromatic heterocycles. The van der Waals surface area contributed by atoms with Crippen LogP contribution in [-0.4, -0.2) is 15.0 Å². The van der Waals surface area contributed by atoms with E-state index in [1.54, 1.807) is 11.3 Å². The van der Waals surface area contributed by atoms with Crippen LogP contribution in [-0.2, 0) is 15.4 Å². The van der Waals surface area contributed by atoms with E-state index in [1.165, 1.54) is 18.2 Å². The molecule has 114 valence electrons. The smallest absolute Gasteiger partial charge is 0.240 e. The fourth-order valence-corrected chi connectivity index (χ4v) is 4.02. The number of hydrogen-bond acceptors (Lipinski definition) is 4. The molecule has 1 aromatic carbocycles. The summed E-state index contributed by atoms with van der Waals surface area (Å²) < 4.78 is 27.2. The molecule has 2 aromatic rings. The van der Waals surface area contributed by atoms with Gasteiger partial charge in [-0.05, 0) is 29.6 Å². The first kappa shape index (κ1) is 16.3. The molecule has 0 aliphatic rings. The van der Waals surface area contributed by atoms with Crippen LogP contribution in [0.1, 0.15) is 18.7 Å². The summed E-state index contributed by atoms with van der Waals surface area (Å²) >= 11 is 7.42. The number of nitrogens with one attached hydrogen (secondary N) is 1. The van der Waals surface area contributed by atoms with Crippen molar-refractivity contribution in [2.45, 2.75) is 24.2 Å². The predicted molar refractivity (Wildman–Crippen MR) is 88.4 cm³/mol. The Morgan fingerprint density at radius 3 is 2.62 bits per heavy atom. The maximum absolute atomic E-state index is 12.3. The van der Waals surface area contributed by atoms with Crippen molar-refractivity contribution in [1.29, 1.82) is 0 Å². The molecule has 0 radical (unpaired) electrons. The topological polar surface area (TPSA) is 72.2 Å². The SMILES string of the molecule is CC(C)(CNS(=O)(=O)c1ccc(Cl)c(N)c1)c1cccs1. The van der Waals surface area contributed by atoms with Crippen LogP contribution in [0.2, 0.25) is 5.02 Å². The number of rotatable bonds is 5. The van der Waals surface area contributed by atoms with Crippen LogP contribution in [0, 0.1) is 0 Å². The van der Waals surface area contributed by atoms with Gasteiger partial charge in [0.15, 0.2) is 0 Å². The van der Waals surface area contributed by atoms with E-state index in [9.17, 15) is 8.42 Å². The Hall–Kier alpha value is -1.08. The summed E-state index contributed by atoms with van der Waals surface area (Å²) in [5.74, 6) is 0. The number of anilines is 1. The molecule has 4 nitrogen and oxygen atoms in total. The number of benzene rings is 1. The molecule has 1 heterocycles. The molecule has 0 atom stereocenters. The third kappa shape index (κ3) is 3.77. The second kappa shape index (κ2) is 5.96. The lowest BCUT2D eigenvalue weighted by Crippen LogP contribution is -2.36. The van der Waals surface area contributed by atoms with Gasteiger partial charge in [-0.1, -0.05) is 31.5 Å². The largest absolute Gasteiger partial charge is 0.397 e. The van der Waals surface area contributed by atoms with Crippen LogP contribution < -0.4 is 10.5 Å². The fourth-order valence-electron chi connectivity index (χ4n) is 1.80. The van der Waals surface area contributed by atoms with E-state index in [0.29, 0.717) is 11.6 Å². The Morgan fingerprint density at radius 1 is 1.33 bits per heavy atom. The highest BCUT2D eigenvalue weighted by molar-refractivity contribution is 7.89. The fraction of sp³-hybridized carbons (Fsp3) is 0.286. The second-order valence-corrected chi connectivity index (χ2v) is 8.49. The number of thiophene rings is 1. The Bertz CT molecular complexity index is 725. The van der Waals surface area contributed by atoms with Crippen molar-refractivity contribution in [2.24, 2.45) is 0 Å². The van der Waals surface area contributed by atoms with Crippen LogP contribution in [0.5, 0.6) is 0 Å². The molecule has 0 aliphatic heterocycles. The summed E-state index contributed by atoms with van der Waals surface area (Å²) in [5, 5.41) is 2.32. The zero-order chi connectivity index (χ0) is 15.7. The summed E-state index contributed by atoms with van der Waals surface area (Å²) in [6, 6.07) is 8.24. The van der Waals surface area contributed by atoms with Gasteiger partial charge in [0.25, 0.3) is 0 Å². The van der Waals surface area contributed by atoms with Crippen LogP contribution >= 0.6 is 22.9 Å². The summed E-state index contributed by atoms with van der Waals surface area (Å²) in [6.07, 6.45) is 0. The van der Waals surface area contributed by atoms with Gasteiger partial charge in [0.2, 0.25) is 10.0 Å². The van der Waals surface area contributed by atoms with Crippen LogP contribution in [0.4, 0.5) is 5.69 Å². The van der Waals surface area contributed by atoms with Crippen molar-refractivity contribution >= 4 is 38.6 Å². The van der Waals surface area contributed by atoms with Crippen molar-refractivity contribution in [1.82, 2.24) is 4.72 Å². The van der Waals surface area contributed by atoms with Gasteiger partial charge in [-0.2, -0.15) is 0 Å². The summed E-state index contributed by atoms with van der Waals surface area (Å²) in [4.78, 5) is 1.24. The van der Waals surface area contributed by atoms with Crippen molar-refractivity contribution in [2.75, 3.05) is 12.3 Å². The first-order valence-electron chi connectivity index (χ1n) is 6.31. The third-order valence-electron chi connectivity index (χ3n) is 3.17. The molecule has 0 saturated heterocycles. The number of hydrogen-bond donors (Lipinski definition) is 2. The molecule has 0 bridgehead atoms. The Morgan fingerprint density at radius 2 is 2.05 bits per heavy atom. The highest BCUT2D eigenvalue weighted by Gasteiger charge is 2.25. The predicted octanol–water partition coefficient (Wildman–Crippen LogP) is 3.24. The molecule has 0 unspecified atom stereocenters. The molecule has 3 N–H and O–H groups in total. The zero-order valence-corrected chi connectivity index (χ0v) is 14.1. The van der Waals surface area contributed by atoms with Crippen LogP contribution in [0.15, 0.2) is 40.6 Å². The third-order valence-corrected chi connectivity index (χ3v) is 6.15. The van der Waals surface area contributed by atoms with Gasteiger partial charge in [0.1, 0.15) is 0 Å². The molecule has 0 amide bonds. The highest BCUT2D eigenvalue weighted by atomic mass is 35.5. The summed E-state index contributed by atoms with van der Waals surface area (Å²) in [7, 11) is -3.61. The number of nitrogens with two attached hydrogens (primary N) is 1. The van der Waals surface area contributed by atoms with E-state index in [4.69, 9.17) is 17.3 Å². The van der Waals surface area contributed by atoms with E-state index >= 15 is 0 Å². The maximum Gasteiger partial charge on any atom is 0.240 e. The first-order valence-corrected chi connectivity index (χ1v) is 9.05. The molecular weight excluding hydrogens is 328 g/mol. The van der Waals surface area contributed by atoms with Crippen LogP contribution in [0.25, 0.3) is 0 Å². The average molecular weight is 345 g/mol. The van der Waals surface area contributed by atoms with Gasteiger partial charge >= 0.3 is 0 Å². The van der Waals surface area contributed by atoms with E-state index in [0.717, 1.165) is 4.88 Å². The van der Waals surface area contributed by atoms with Crippen LogP contribution in [0.3, 0.4) is 0 Å². The number of nitrogen functional groups attached to an aromatic ring is 1. The zero-order valence-electron chi connectivity index (χ0n) is 11.8. The normalized spacial score (nSPS) is 12.5. The quantitative estimate of drug-likeness (QED) is 0.818. The van der Waals surface area contributed by atoms with E-state index in [2.05, 4.69) is 4.72 Å². The number of halogens is 1. The lowest BCUT2D eigenvalue weighted by atomic mass is 9.92. The maximum atomic E-state index is 12.3. The Labute approximate surface area is 134 Å². The molecule has 0 fully saturated rings. The van der Waals surface area contributed by atoms with E-state index < -0.39 is 10.0 Å². The van der Waals surface area contributed by atoms with E-state index in [1.807, 2.05) is 31.4 Å². The van der Waals surface area contributed by atoms with Gasteiger partial charge in [-0.3, -0.25) is 0 Å². The Kier molecular flexibility index (Phi) is 4.63. The van der Waals surface area contributed by atoms with Gasteiger partial charge in [-0.15, -0.1) is 11.3 Å². The van der Waals surface area contributed by atoms with Crippen molar-refractivity contribution in [3.05, 3.63) is 45.6 Å².